The van der Waals surface area contributed by atoms with E-state index in [1.165, 1.54) is 7.11 Å². The Morgan fingerprint density at radius 1 is 1.31 bits per heavy atom. The van der Waals surface area contributed by atoms with Crippen LogP contribution in [-0.2, 0) is 14.3 Å². The molecule has 0 unspecified atom stereocenters. The van der Waals surface area contributed by atoms with Gasteiger partial charge in [0.05, 0.1) is 18.9 Å². The number of esters is 1. The molecule has 0 aromatic heterocycles. The molecule has 16 heavy (non-hydrogen) atoms. The summed E-state index contributed by atoms with van der Waals surface area (Å²) in [6.45, 7) is 0. The Morgan fingerprint density at radius 2 is 2.00 bits per heavy atom. The number of methoxy groups -OCH3 is 1. The highest BCUT2D eigenvalue weighted by atomic mass is 16.5. The Labute approximate surface area is 94.4 Å². The third kappa shape index (κ3) is 1.85. The van der Waals surface area contributed by atoms with Crippen LogP contribution in [0.5, 0.6) is 0 Å². The van der Waals surface area contributed by atoms with Gasteiger partial charge in [-0.2, -0.15) is 0 Å². The van der Waals surface area contributed by atoms with Gasteiger partial charge in [-0.25, -0.2) is 0 Å². The van der Waals surface area contributed by atoms with Crippen LogP contribution in [0, 0.1) is 5.92 Å². The molecule has 0 heterocycles. The minimum atomic E-state index is -0.311. The maximum atomic E-state index is 11.8. The maximum absolute atomic E-state index is 11.8. The van der Waals surface area contributed by atoms with E-state index < -0.39 is 0 Å². The van der Waals surface area contributed by atoms with Gasteiger partial charge in [0, 0.05) is 6.42 Å². The van der Waals surface area contributed by atoms with E-state index >= 15 is 0 Å². The van der Waals surface area contributed by atoms with Crippen LogP contribution in [-0.4, -0.2) is 18.9 Å². The number of hydrogen-bond donors (Lipinski definition) is 0. The molecule has 3 heteroatoms. The van der Waals surface area contributed by atoms with E-state index in [0.717, 1.165) is 5.56 Å². The predicted molar refractivity (Wildman–Crippen MR) is 58.9 cm³/mol. The molecule has 1 aliphatic carbocycles. The first kappa shape index (κ1) is 10.9. The topological polar surface area (TPSA) is 43.4 Å². The van der Waals surface area contributed by atoms with E-state index in [1.54, 1.807) is 0 Å². The molecule has 1 aromatic carbocycles. The highest BCUT2D eigenvalue weighted by Gasteiger charge is 2.40. The first-order chi connectivity index (χ1) is 7.74. The maximum Gasteiger partial charge on any atom is 0.309 e. The largest absolute Gasteiger partial charge is 0.469 e. The number of hydrogen-bond acceptors (Lipinski definition) is 3. The first-order valence-electron chi connectivity index (χ1n) is 5.39. The zero-order valence-electron chi connectivity index (χ0n) is 9.18. The zero-order valence-corrected chi connectivity index (χ0v) is 9.18. The van der Waals surface area contributed by atoms with E-state index in [0.29, 0.717) is 12.8 Å². The van der Waals surface area contributed by atoms with Crippen LogP contribution in [0.3, 0.4) is 0 Å². The van der Waals surface area contributed by atoms with Crippen molar-refractivity contribution in [1.29, 1.82) is 0 Å². The molecule has 1 aromatic rings. The summed E-state index contributed by atoms with van der Waals surface area (Å²) >= 11 is 0. The second-order valence-electron chi connectivity index (χ2n) is 4.02. The van der Waals surface area contributed by atoms with Crippen LogP contribution in [0.4, 0.5) is 0 Å². The third-order valence-corrected chi connectivity index (χ3v) is 3.11. The van der Waals surface area contributed by atoms with Gasteiger partial charge in [-0.3, -0.25) is 9.59 Å². The first-order valence-corrected chi connectivity index (χ1v) is 5.39. The Hall–Kier alpha value is -1.64. The molecule has 0 saturated heterocycles. The molecular formula is C13H14O3. The molecule has 3 nitrogen and oxygen atoms in total. The number of ketones is 1. The summed E-state index contributed by atoms with van der Waals surface area (Å²) in [6.07, 6.45) is 1.07. The van der Waals surface area contributed by atoms with E-state index in [4.69, 9.17) is 4.74 Å². The predicted octanol–water partition coefficient (Wildman–Crippen LogP) is 1.92. The average Bonchev–Trinajstić information content (AvgIpc) is 2.71. The normalized spacial score (nSPS) is 24.4. The fourth-order valence-electron chi connectivity index (χ4n) is 2.33. The molecule has 0 spiro atoms. The van der Waals surface area contributed by atoms with Crippen molar-refractivity contribution >= 4 is 11.8 Å². The summed E-state index contributed by atoms with van der Waals surface area (Å²) in [5.74, 6) is -0.755. The molecule has 1 fully saturated rings. The monoisotopic (exact) mass is 218 g/mol. The minimum absolute atomic E-state index is 0.140. The highest BCUT2D eigenvalue weighted by molar-refractivity contribution is 5.94. The molecular weight excluding hydrogens is 204 g/mol. The summed E-state index contributed by atoms with van der Waals surface area (Å²) in [7, 11) is 1.37. The molecule has 2 atom stereocenters. The van der Waals surface area contributed by atoms with Crippen LogP contribution in [0.1, 0.15) is 24.3 Å². The number of Topliss-reactive ketones (excluding diaryl/α,β-unsaturated/α-hetero) is 1. The fraction of sp³-hybridized carbons (Fsp3) is 0.385. The quantitative estimate of drug-likeness (QED) is 0.712. The van der Waals surface area contributed by atoms with Crippen LogP contribution >= 0.6 is 0 Å². The Bertz CT molecular complexity index is 397. The lowest BCUT2D eigenvalue weighted by molar-refractivity contribution is -0.146. The summed E-state index contributed by atoms with van der Waals surface area (Å²) in [6, 6.07) is 9.45. The van der Waals surface area contributed by atoms with E-state index in [2.05, 4.69) is 0 Å². The van der Waals surface area contributed by atoms with Crippen molar-refractivity contribution in [3.05, 3.63) is 35.9 Å². The molecule has 0 amide bonds. The van der Waals surface area contributed by atoms with Crippen molar-refractivity contribution in [2.45, 2.75) is 18.8 Å². The number of rotatable bonds is 2. The number of carbonyl (C=O) groups excluding carboxylic acids is 2. The van der Waals surface area contributed by atoms with Crippen LogP contribution in [0.15, 0.2) is 30.3 Å². The highest BCUT2D eigenvalue weighted by Crippen LogP contribution is 2.37. The van der Waals surface area contributed by atoms with Gasteiger partial charge in [-0.1, -0.05) is 30.3 Å². The standard InChI is InChI=1S/C13H14O3/c1-16-13(15)10-7-8-11(14)12(10)9-5-3-2-4-6-9/h2-6,10,12H,7-8H2,1H3/t10-,12+/m1/s1. The van der Waals surface area contributed by atoms with Crippen LogP contribution in [0.25, 0.3) is 0 Å². The van der Waals surface area contributed by atoms with Crippen molar-refractivity contribution in [3.8, 4) is 0 Å². The Balaban J connectivity index is 2.30. The van der Waals surface area contributed by atoms with Gasteiger partial charge in [-0.15, -0.1) is 0 Å². The lowest BCUT2D eigenvalue weighted by Gasteiger charge is -2.16. The minimum Gasteiger partial charge on any atom is -0.469 e. The van der Waals surface area contributed by atoms with E-state index in [1.807, 2.05) is 30.3 Å². The molecule has 84 valence electrons. The SMILES string of the molecule is COC(=O)[C@@H]1CCC(=O)[C@H]1c1ccccc1. The molecule has 1 aliphatic rings. The Kier molecular flexibility index (Phi) is 3.04. The van der Waals surface area contributed by atoms with E-state index in [9.17, 15) is 9.59 Å². The Morgan fingerprint density at radius 3 is 2.62 bits per heavy atom. The number of carbonyl (C=O) groups is 2. The molecule has 0 N–H and O–H groups in total. The second-order valence-corrected chi connectivity index (χ2v) is 4.02. The number of benzene rings is 1. The van der Waals surface area contributed by atoms with E-state index in [-0.39, 0.29) is 23.6 Å². The smallest absolute Gasteiger partial charge is 0.309 e. The van der Waals surface area contributed by atoms with Crippen LogP contribution < -0.4 is 0 Å². The molecule has 1 saturated carbocycles. The molecule has 0 radical (unpaired) electrons. The summed E-state index contributed by atoms with van der Waals surface area (Å²) in [5.41, 5.74) is 0.917. The summed E-state index contributed by atoms with van der Waals surface area (Å²) in [5, 5.41) is 0. The lowest BCUT2D eigenvalue weighted by atomic mass is 9.88. The van der Waals surface area contributed by atoms with Crippen molar-refractivity contribution in [3.63, 3.8) is 0 Å². The van der Waals surface area contributed by atoms with Crippen LogP contribution in [0.2, 0.25) is 0 Å². The van der Waals surface area contributed by atoms with Gasteiger partial charge in [0.15, 0.2) is 0 Å². The molecule has 2 rings (SSSR count). The van der Waals surface area contributed by atoms with Gasteiger partial charge in [0.1, 0.15) is 5.78 Å². The van der Waals surface area contributed by atoms with Gasteiger partial charge >= 0.3 is 5.97 Å². The fourth-order valence-corrected chi connectivity index (χ4v) is 2.33. The summed E-state index contributed by atoms with van der Waals surface area (Å²) < 4.78 is 4.74. The number of ether oxygens (including phenoxy) is 1. The van der Waals surface area contributed by atoms with Crippen molar-refractivity contribution in [1.82, 2.24) is 0 Å². The van der Waals surface area contributed by atoms with Gasteiger partial charge in [-0.05, 0) is 12.0 Å². The zero-order chi connectivity index (χ0) is 11.5. The third-order valence-electron chi connectivity index (χ3n) is 3.11. The van der Waals surface area contributed by atoms with Crippen molar-refractivity contribution in [2.75, 3.05) is 7.11 Å². The van der Waals surface area contributed by atoms with Crippen molar-refractivity contribution in [2.24, 2.45) is 5.92 Å². The van der Waals surface area contributed by atoms with Crippen molar-refractivity contribution < 1.29 is 14.3 Å². The molecule has 0 aliphatic heterocycles. The van der Waals surface area contributed by atoms with Gasteiger partial charge in [0.2, 0.25) is 0 Å². The average molecular weight is 218 g/mol. The van der Waals surface area contributed by atoms with Gasteiger partial charge in [0.25, 0.3) is 0 Å². The van der Waals surface area contributed by atoms with Gasteiger partial charge < -0.3 is 4.74 Å². The molecule has 0 bridgehead atoms. The lowest BCUT2D eigenvalue weighted by Crippen LogP contribution is -2.21. The summed E-state index contributed by atoms with van der Waals surface area (Å²) in [4.78, 5) is 23.4. The second kappa shape index (κ2) is 4.47.